The van der Waals surface area contributed by atoms with Gasteiger partial charge in [0, 0.05) is 19.8 Å². The smallest absolute Gasteiger partial charge is 0.185 e. The molecule has 0 bridgehead atoms. The fourth-order valence-electron chi connectivity index (χ4n) is 2.65. The SMILES string of the molecule is COc1c(N)cccc1-c1nnnn1CC1CCOCC1. The van der Waals surface area contributed by atoms with Crippen molar-refractivity contribution in [3.63, 3.8) is 0 Å². The largest absolute Gasteiger partial charge is 0.494 e. The lowest BCUT2D eigenvalue weighted by atomic mass is 10.0. The Morgan fingerprint density at radius 3 is 2.95 bits per heavy atom. The Hall–Kier alpha value is -2.15. The molecule has 2 heterocycles. The summed E-state index contributed by atoms with van der Waals surface area (Å²) in [5.41, 5.74) is 7.35. The molecule has 0 radical (unpaired) electrons. The maximum atomic E-state index is 5.95. The summed E-state index contributed by atoms with van der Waals surface area (Å²) in [4.78, 5) is 0. The van der Waals surface area contributed by atoms with E-state index < -0.39 is 0 Å². The monoisotopic (exact) mass is 289 g/mol. The molecule has 21 heavy (non-hydrogen) atoms. The molecule has 2 aromatic rings. The summed E-state index contributed by atoms with van der Waals surface area (Å²) in [6.45, 7) is 2.40. The number of aromatic nitrogens is 4. The van der Waals surface area contributed by atoms with Gasteiger partial charge in [-0.2, -0.15) is 0 Å². The molecule has 3 rings (SSSR count). The van der Waals surface area contributed by atoms with Crippen LogP contribution in [-0.2, 0) is 11.3 Å². The molecule has 1 aliphatic rings. The molecule has 0 amide bonds. The van der Waals surface area contributed by atoms with Gasteiger partial charge < -0.3 is 15.2 Å². The zero-order valence-electron chi connectivity index (χ0n) is 12.0. The van der Waals surface area contributed by atoms with E-state index in [0.29, 0.717) is 23.2 Å². The second-order valence-corrected chi connectivity index (χ2v) is 5.17. The van der Waals surface area contributed by atoms with Crippen LogP contribution in [0.5, 0.6) is 5.75 Å². The van der Waals surface area contributed by atoms with E-state index in [1.54, 1.807) is 13.2 Å². The number of para-hydroxylation sites is 1. The highest BCUT2D eigenvalue weighted by molar-refractivity contribution is 5.73. The van der Waals surface area contributed by atoms with Crippen molar-refractivity contribution in [2.24, 2.45) is 5.92 Å². The Bertz CT molecular complexity index is 607. The van der Waals surface area contributed by atoms with Crippen molar-refractivity contribution in [1.29, 1.82) is 0 Å². The van der Waals surface area contributed by atoms with Crippen LogP contribution in [0.15, 0.2) is 18.2 Å². The predicted molar refractivity (Wildman–Crippen MR) is 77.8 cm³/mol. The van der Waals surface area contributed by atoms with E-state index in [1.807, 2.05) is 16.8 Å². The molecule has 1 saturated heterocycles. The Balaban J connectivity index is 1.90. The second-order valence-electron chi connectivity index (χ2n) is 5.17. The minimum absolute atomic E-state index is 0.535. The predicted octanol–water partition coefficient (Wildman–Crippen LogP) is 1.36. The quantitative estimate of drug-likeness (QED) is 0.855. The van der Waals surface area contributed by atoms with Crippen LogP contribution in [0.1, 0.15) is 12.8 Å². The molecule has 1 aromatic carbocycles. The van der Waals surface area contributed by atoms with Gasteiger partial charge in [-0.15, -0.1) is 5.10 Å². The minimum Gasteiger partial charge on any atom is -0.494 e. The number of nitrogen functional groups attached to an aromatic ring is 1. The number of ether oxygens (including phenoxy) is 2. The first-order valence-electron chi connectivity index (χ1n) is 7.06. The summed E-state index contributed by atoms with van der Waals surface area (Å²) < 4.78 is 12.6. The van der Waals surface area contributed by atoms with E-state index in [2.05, 4.69) is 15.5 Å². The highest BCUT2D eigenvalue weighted by Gasteiger charge is 2.20. The van der Waals surface area contributed by atoms with E-state index >= 15 is 0 Å². The third-order valence-corrected chi connectivity index (χ3v) is 3.79. The molecule has 7 nitrogen and oxygen atoms in total. The fraction of sp³-hybridized carbons (Fsp3) is 0.500. The number of benzene rings is 1. The van der Waals surface area contributed by atoms with Crippen molar-refractivity contribution in [2.45, 2.75) is 19.4 Å². The van der Waals surface area contributed by atoms with E-state index in [4.69, 9.17) is 15.2 Å². The van der Waals surface area contributed by atoms with E-state index in [9.17, 15) is 0 Å². The van der Waals surface area contributed by atoms with Gasteiger partial charge in [0.2, 0.25) is 0 Å². The van der Waals surface area contributed by atoms with Gasteiger partial charge in [0.25, 0.3) is 0 Å². The van der Waals surface area contributed by atoms with Crippen LogP contribution < -0.4 is 10.5 Å². The first-order chi connectivity index (χ1) is 10.3. The van der Waals surface area contributed by atoms with Crippen molar-refractivity contribution in [3.05, 3.63) is 18.2 Å². The molecule has 7 heteroatoms. The number of nitrogens with zero attached hydrogens (tertiary/aromatic N) is 4. The van der Waals surface area contributed by atoms with Crippen molar-refractivity contribution in [3.8, 4) is 17.1 Å². The van der Waals surface area contributed by atoms with E-state index in [-0.39, 0.29) is 0 Å². The van der Waals surface area contributed by atoms with Crippen LogP contribution in [0, 0.1) is 5.92 Å². The molecule has 1 aliphatic heterocycles. The highest BCUT2D eigenvalue weighted by Crippen LogP contribution is 2.33. The molecular weight excluding hydrogens is 270 g/mol. The molecule has 112 valence electrons. The molecule has 1 fully saturated rings. The van der Waals surface area contributed by atoms with Crippen LogP contribution in [-0.4, -0.2) is 40.5 Å². The number of hydrogen-bond donors (Lipinski definition) is 1. The third-order valence-electron chi connectivity index (χ3n) is 3.79. The molecule has 2 N–H and O–H groups in total. The maximum absolute atomic E-state index is 5.95. The zero-order chi connectivity index (χ0) is 14.7. The topological polar surface area (TPSA) is 88.1 Å². The summed E-state index contributed by atoms with van der Waals surface area (Å²) in [5.74, 6) is 1.83. The normalized spacial score (nSPS) is 16.0. The first-order valence-corrected chi connectivity index (χ1v) is 7.06. The lowest BCUT2D eigenvalue weighted by Gasteiger charge is -2.22. The van der Waals surface area contributed by atoms with Gasteiger partial charge in [0.05, 0.1) is 18.4 Å². The van der Waals surface area contributed by atoms with Gasteiger partial charge >= 0.3 is 0 Å². The van der Waals surface area contributed by atoms with Crippen molar-refractivity contribution >= 4 is 5.69 Å². The Labute approximate surface area is 123 Å². The van der Waals surface area contributed by atoms with Gasteiger partial charge in [-0.1, -0.05) is 6.07 Å². The zero-order valence-corrected chi connectivity index (χ0v) is 12.0. The first kappa shape index (κ1) is 13.8. The molecule has 0 spiro atoms. The maximum Gasteiger partial charge on any atom is 0.185 e. The lowest BCUT2D eigenvalue weighted by Crippen LogP contribution is -2.21. The number of rotatable bonds is 4. The average molecular weight is 289 g/mol. The number of tetrazole rings is 1. The van der Waals surface area contributed by atoms with Gasteiger partial charge in [-0.05, 0) is 41.3 Å². The number of methoxy groups -OCH3 is 1. The molecule has 0 unspecified atom stereocenters. The minimum atomic E-state index is 0.535. The highest BCUT2D eigenvalue weighted by atomic mass is 16.5. The van der Waals surface area contributed by atoms with Crippen molar-refractivity contribution < 1.29 is 9.47 Å². The summed E-state index contributed by atoms with van der Waals surface area (Å²) in [6.07, 6.45) is 2.07. The summed E-state index contributed by atoms with van der Waals surface area (Å²) in [5, 5.41) is 12.1. The second kappa shape index (κ2) is 6.09. The molecular formula is C14H19N5O2. The third kappa shape index (κ3) is 2.82. The van der Waals surface area contributed by atoms with Crippen LogP contribution in [0.3, 0.4) is 0 Å². The van der Waals surface area contributed by atoms with Crippen LogP contribution in [0.2, 0.25) is 0 Å². The van der Waals surface area contributed by atoms with Gasteiger partial charge in [-0.25, -0.2) is 4.68 Å². The Morgan fingerprint density at radius 2 is 2.19 bits per heavy atom. The lowest BCUT2D eigenvalue weighted by molar-refractivity contribution is 0.0601. The summed E-state index contributed by atoms with van der Waals surface area (Å²) in [6, 6.07) is 5.59. The van der Waals surface area contributed by atoms with Gasteiger partial charge in [-0.3, -0.25) is 0 Å². The van der Waals surface area contributed by atoms with Crippen LogP contribution >= 0.6 is 0 Å². The summed E-state index contributed by atoms with van der Waals surface area (Å²) >= 11 is 0. The summed E-state index contributed by atoms with van der Waals surface area (Å²) in [7, 11) is 1.60. The molecule has 1 aromatic heterocycles. The van der Waals surface area contributed by atoms with E-state index in [0.717, 1.165) is 38.2 Å². The molecule has 0 saturated carbocycles. The number of anilines is 1. The number of hydrogen-bond acceptors (Lipinski definition) is 6. The standard InChI is InChI=1S/C14H19N5O2/c1-20-13-11(3-2-4-12(13)15)14-16-17-18-19(14)9-10-5-7-21-8-6-10/h2-4,10H,5-9,15H2,1H3. The Kier molecular flexibility index (Phi) is 4.01. The van der Waals surface area contributed by atoms with E-state index in [1.165, 1.54) is 0 Å². The van der Waals surface area contributed by atoms with Crippen LogP contribution in [0.25, 0.3) is 11.4 Å². The van der Waals surface area contributed by atoms with Crippen LogP contribution in [0.4, 0.5) is 5.69 Å². The molecule has 0 atom stereocenters. The fourth-order valence-corrected chi connectivity index (χ4v) is 2.65. The molecule has 0 aliphatic carbocycles. The number of nitrogens with two attached hydrogens (primary N) is 1. The van der Waals surface area contributed by atoms with Gasteiger partial charge in [0.1, 0.15) is 0 Å². The van der Waals surface area contributed by atoms with Crippen molar-refractivity contribution in [2.75, 3.05) is 26.1 Å². The Morgan fingerprint density at radius 1 is 1.38 bits per heavy atom. The van der Waals surface area contributed by atoms with Gasteiger partial charge in [0.15, 0.2) is 11.6 Å². The van der Waals surface area contributed by atoms with Crippen molar-refractivity contribution in [1.82, 2.24) is 20.2 Å². The average Bonchev–Trinajstić information content (AvgIpc) is 2.96.